The molecule has 0 radical (unpaired) electrons. The summed E-state index contributed by atoms with van der Waals surface area (Å²) in [4.78, 5) is 33.1. The first-order chi connectivity index (χ1) is 13.3. The van der Waals surface area contributed by atoms with Crippen LogP contribution in [0.25, 0.3) is 0 Å². The second kappa shape index (κ2) is 12.7. The van der Waals surface area contributed by atoms with Gasteiger partial charge in [0.1, 0.15) is 0 Å². The van der Waals surface area contributed by atoms with E-state index in [1.54, 1.807) is 12.1 Å². The van der Waals surface area contributed by atoms with E-state index < -0.39 is 30.9 Å². The van der Waals surface area contributed by atoms with Crippen LogP contribution in [0.15, 0.2) is 30.3 Å². The zero-order chi connectivity index (χ0) is 21.0. The molecule has 0 aromatic heterocycles. The quantitative estimate of drug-likeness (QED) is 0.272. The molecule has 0 aliphatic carbocycles. The number of unbranched alkanes of at least 4 members (excludes halogenated alkanes) is 4. The van der Waals surface area contributed by atoms with Crippen LogP contribution >= 0.6 is 7.37 Å². The molecular formula is C21H33O6P. The fraction of sp³-hybridized carbons (Fsp3) is 0.619. The summed E-state index contributed by atoms with van der Waals surface area (Å²) in [5, 5.41) is 18.3. The molecule has 1 aromatic rings. The van der Waals surface area contributed by atoms with E-state index in [4.69, 9.17) is 5.11 Å². The summed E-state index contributed by atoms with van der Waals surface area (Å²) in [5.74, 6) is -2.64. The van der Waals surface area contributed by atoms with Gasteiger partial charge in [-0.25, -0.2) is 0 Å². The van der Waals surface area contributed by atoms with Crippen molar-refractivity contribution in [3.63, 3.8) is 0 Å². The maximum atomic E-state index is 13.1. The summed E-state index contributed by atoms with van der Waals surface area (Å²) in [6.07, 6.45) is 5.33. The largest absolute Gasteiger partial charge is 0.481 e. The minimum absolute atomic E-state index is 0.00250. The Kier molecular flexibility index (Phi) is 11.1. The van der Waals surface area contributed by atoms with Gasteiger partial charge in [-0.05, 0) is 24.8 Å². The van der Waals surface area contributed by atoms with Gasteiger partial charge in [-0.3, -0.25) is 14.2 Å². The van der Waals surface area contributed by atoms with Crippen molar-refractivity contribution in [3.05, 3.63) is 35.9 Å². The third kappa shape index (κ3) is 9.03. The fourth-order valence-electron chi connectivity index (χ4n) is 3.59. The van der Waals surface area contributed by atoms with Crippen molar-refractivity contribution < 1.29 is 29.3 Å². The number of carboxylic acids is 2. The molecule has 0 bridgehead atoms. The lowest BCUT2D eigenvalue weighted by Crippen LogP contribution is -2.29. The predicted octanol–water partition coefficient (Wildman–Crippen LogP) is 5.14. The molecule has 0 saturated carbocycles. The van der Waals surface area contributed by atoms with Crippen molar-refractivity contribution in [2.24, 2.45) is 5.92 Å². The first-order valence-electron chi connectivity index (χ1n) is 10.1. The highest BCUT2D eigenvalue weighted by molar-refractivity contribution is 7.58. The van der Waals surface area contributed by atoms with Crippen molar-refractivity contribution in [3.8, 4) is 0 Å². The van der Waals surface area contributed by atoms with Crippen molar-refractivity contribution >= 4 is 19.3 Å². The van der Waals surface area contributed by atoms with Crippen molar-refractivity contribution in [2.75, 3.05) is 0 Å². The maximum absolute atomic E-state index is 13.1. The van der Waals surface area contributed by atoms with E-state index in [1.807, 2.05) is 25.1 Å². The molecule has 7 heteroatoms. The molecule has 0 heterocycles. The molecule has 3 unspecified atom stereocenters. The highest BCUT2D eigenvalue weighted by Gasteiger charge is 2.39. The lowest BCUT2D eigenvalue weighted by atomic mass is 9.94. The molecule has 28 heavy (non-hydrogen) atoms. The Morgan fingerprint density at radius 2 is 1.57 bits per heavy atom. The molecule has 0 saturated heterocycles. The Hall–Kier alpha value is -1.65. The van der Waals surface area contributed by atoms with Crippen molar-refractivity contribution in [2.45, 2.75) is 76.5 Å². The highest BCUT2D eigenvalue weighted by atomic mass is 31.2. The van der Waals surface area contributed by atoms with E-state index in [1.165, 1.54) is 0 Å². The van der Waals surface area contributed by atoms with Crippen LogP contribution in [-0.4, -0.2) is 32.7 Å². The maximum Gasteiger partial charge on any atom is 0.307 e. The fourth-order valence-corrected chi connectivity index (χ4v) is 6.06. The van der Waals surface area contributed by atoms with Crippen LogP contribution in [-0.2, 0) is 20.3 Å². The normalized spacial score (nSPS) is 15.5. The number of rotatable bonds is 15. The van der Waals surface area contributed by atoms with E-state index >= 15 is 0 Å². The van der Waals surface area contributed by atoms with Crippen LogP contribution < -0.4 is 0 Å². The lowest BCUT2D eigenvalue weighted by molar-refractivity contribution is -0.142. The number of hydrogen-bond donors (Lipinski definition) is 3. The number of aliphatic carboxylic acids is 2. The molecule has 6 nitrogen and oxygen atoms in total. The van der Waals surface area contributed by atoms with Gasteiger partial charge in [0.25, 0.3) is 0 Å². The van der Waals surface area contributed by atoms with Gasteiger partial charge in [-0.2, -0.15) is 0 Å². The molecule has 0 aliphatic heterocycles. The molecule has 3 atom stereocenters. The zero-order valence-corrected chi connectivity index (χ0v) is 17.5. The summed E-state index contributed by atoms with van der Waals surface area (Å²) < 4.78 is 13.1. The van der Waals surface area contributed by atoms with Crippen LogP contribution in [0.2, 0.25) is 0 Å². The Balaban J connectivity index is 2.67. The Morgan fingerprint density at radius 1 is 0.964 bits per heavy atom. The Bertz CT molecular complexity index is 646. The van der Waals surface area contributed by atoms with E-state index in [9.17, 15) is 24.2 Å². The molecule has 3 N–H and O–H groups in total. The number of carboxylic acid groups (broad SMARTS) is 2. The molecule has 1 aromatic carbocycles. The SMILES string of the molecule is CCCC(C(CCCCCCCC(=O)O)C(=O)O)P(=O)(O)Cc1ccccc1. The van der Waals surface area contributed by atoms with E-state index in [2.05, 4.69) is 0 Å². The number of benzene rings is 1. The minimum Gasteiger partial charge on any atom is -0.481 e. The van der Waals surface area contributed by atoms with E-state index in [0.29, 0.717) is 32.1 Å². The summed E-state index contributed by atoms with van der Waals surface area (Å²) in [7, 11) is -3.67. The number of carbonyl (C=O) groups is 2. The predicted molar refractivity (Wildman–Crippen MR) is 110 cm³/mol. The van der Waals surface area contributed by atoms with Crippen LogP contribution in [0.3, 0.4) is 0 Å². The first kappa shape index (κ1) is 24.4. The van der Waals surface area contributed by atoms with Gasteiger partial charge in [-0.1, -0.05) is 69.4 Å². The molecule has 1 rings (SSSR count). The third-order valence-electron chi connectivity index (χ3n) is 5.04. The van der Waals surface area contributed by atoms with E-state index in [0.717, 1.165) is 24.8 Å². The van der Waals surface area contributed by atoms with Gasteiger partial charge in [0.2, 0.25) is 7.37 Å². The van der Waals surface area contributed by atoms with Crippen LogP contribution in [0, 0.1) is 5.92 Å². The van der Waals surface area contributed by atoms with Gasteiger partial charge >= 0.3 is 11.9 Å². The van der Waals surface area contributed by atoms with Gasteiger partial charge < -0.3 is 15.1 Å². The average Bonchev–Trinajstić information content (AvgIpc) is 2.62. The molecule has 0 aliphatic rings. The molecule has 0 spiro atoms. The smallest absolute Gasteiger partial charge is 0.307 e. The Labute approximate surface area is 167 Å². The lowest BCUT2D eigenvalue weighted by Gasteiger charge is -2.28. The summed E-state index contributed by atoms with van der Waals surface area (Å²) >= 11 is 0. The monoisotopic (exact) mass is 412 g/mol. The van der Waals surface area contributed by atoms with Crippen molar-refractivity contribution in [1.29, 1.82) is 0 Å². The third-order valence-corrected chi connectivity index (χ3v) is 7.51. The van der Waals surface area contributed by atoms with Gasteiger partial charge in [-0.15, -0.1) is 0 Å². The van der Waals surface area contributed by atoms with Crippen LogP contribution in [0.5, 0.6) is 0 Å². The summed E-state index contributed by atoms with van der Waals surface area (Å²) in [5.41, 5.74) is -0.000720. The highest BCUT2D eigenvalue weighted by Crippen LogP contribution is 2.55. The van der Waals surface area contributed by atoms with Crippen molar-refractivity contribution in [1.82, 2.24) is 0 Å². The molecular weight excluding hydrogens is 379 g/mol. The molecule has 158 valence electrons. The second-order valence-electron chi connectivity index (χ2n) is 7.40. The van der Waals surface area contributed by atoms with Crippen LogP contribution in [0.1, 0.15) is 70.3 Å². The first-order valence-corrected chi connectivity index (χ1v) is 12.0. The Morgan fingerprint density at radius 3 is 2.14 bits per heavy atom. The second-order valence-corrected chi connectivity index (χ2v) is 9.89. The standard InChI is InChI=1S/C21H33O6P/c1-2-11-19(28(26,27)16-17-12-7-6-8-13-17)18(21(24)25)14-9-4-3-5-10-15-20(22)23/h6-8,12-13,18-19H,2-5,9-11,14-16H2,1H3,(H,22,23)(H,24,25)(H,26,27). The summed E-state index contributed by atoms with van der Waals surface area (Å²) in [6, 6.07) is 9.04. The minimum atomic E-state index is -3.67. The average molecular weight is 412 g/mol. The number of hydrogen-bond acceptors (Lipinski definition) is 3. The van der Waals surface area contributed by atoms with Gasteiger partial charge in [0.15, 0.2) is 0 Å². The van der Waals surface area contributed by atoms with Crippen LogP contribution in [0.4, 0.5) is 0 Å². The van der Waals surface area contributed by atoms with Gasteiger partial charge in [0, 0.05) is 18.2 Å². The zero-order valence-electron chi connectivity index (χ0n) is 16.6. The topological polar surface area (TPSA) is 112 Å². The van der Waals surface area contributed by atoms with Gasteiger partial charge in [0.05, 0.1) is 5.92 Å². The summed E-state index contributed by atoms with van der Waals surface area (Å²) in [6.45, 7) is 1.90. The van der Waals surface area contributed by atoms with E-state index in [-0.39, 0.29) is 12.6 Å². The molecule has 0 fully saturated rings. The molecule has 0 amide bonds.